The number of esters is 1. The first-order valence-electron chi connectivity index (χ1n) is 20.3. The van der Waals surface area contributed by atoms with Crippen LogP contribution in [0.4, 0.5) is 13.2 Å². The third-order valence-corrected chi connectivity index (χ3v) is 13.0. The van der Waals surface area contributed by atoms with Crippen molar-refractivity contribution in [3.63, 3.8) is 0 Å². The van der Waals surface area contributed by atoms with Crippen LogP contribution in [0.15, 0.2) is 66.7 Å². The molecule has 0 saturated carbocycles. The topological polar surface area (TPSA) is 138 Å². The number of amides is 2. The van der Waals surface area contributed by atoms with Gasteiger partial charge in [-0.15, -0.1) is 5.10 Å². The molecule has 3 fully saturated rings. The standard InChI is InChI=1S/C42H48Cl2F3N9O5/c1-3-61-36(57)27-53-21-23-55(24-22-53)49-39(59)41(29-7-5-4-6-8-29)15-18-52(19-16-41)17-13-40(30-9-11-33(43)34(44)25-30)14-20-54(28-40)37(58)32-26-31(10-12-35(32)60-2)56-38(42(45,46)47)48-50-51-56/h4-12,25-26H,3,13-24,27-28H2,1-2H3,(H,49,59). The molecular formula is C42H48Cl2F3N9O5. The summed E-state index contributed by atoms with van der Waals surface area (Å²) in [6, 6.07) is 19.5. The lowest BCUT2D eigenvalue weighted by atomic mass is 9.71. The fourth-order valence-corrected chi connectivity index (χ4v) is 9.05. The molecular weight excluding hydrogens is 838 g/mol. The van der Waals surface area contributed by atoms with Crippen LogP contribution >= 0.6 is 23.2 Å². The molecule has 4 aromatic rings. The van der Waals surface area contributed by atoms with Crippen molar-refractivity contribution in [1.29, 1.82) is 0 Å². The summed E-state index contributed by atoms with van der Waals surface area (Å²) in [5.41, 5.74) is 3.81. The van der Waals surface area contributed by atoms with Crippen molar-refractivity contribution in [1.82, 2.24) is 45.3 Å². The Morgan fingerprint density at radius 2 is 1.59 bits per heavy atom. The van der Waals surface area contributed by atoms with Gasteiger partial charge in [0.2, 0.25) is 5.91 Å². The molecule has 14 nitrogen and oxygen atoms in total. The van der Waals surface area contributed by atoms with E-state index < -0.39 is 28.7 Å². The van der Waals surface area contributed by atoms with E-state index in [4.69, 9.17) is 32.7 Å². The number of tetrazole rings is 1. The van der Waals surface area contributed by atoms with E-state index in [2.05, 4.69) is 25.9 Å². The van der Waals surface area contributed by atoms with Crippen molar-refractivity contribution in [3.8, 4) is 11.4 Å². The second-order valence-electron chi connectivity index (χ2n) is 15.7. The number of hydrazine groups is 1. The highest BCUT2D eigenvalue weighted by Crippen LogP contribution is 2.43. The van der Waals surface area contributed by atoms with E-state index in [0.29, 0.717) is 106 Å². The number of halogens is 5. The molecule has 1 N–H and O–H groups in total. The number of rotatable bonds is 13. The molecule has 19 heteroatoms. The summed E-state index contributed by atoms with van der Waals surface area (Å²) in [5.74, 6) is -1.85. The number of alkyl halides is 3. The van der Waals surface area contributed by atoms with Gasteiger partial charge in [0, 0.05) is 44.7 Å². The number of hydrogen-bond acceptors (Lipinski definition) is 11. The van der Waals surface area contributed by atoms with E-state index in [1.165, 1.54) is 25.3 Å². The number of ether oxygens (including phenoxy) is 2. The van der Waals surface area contributed by atoms with Crippen LogP contribution in [0.25, 0.3) is 5.69 Å². The highest BCUT2D eigenvalue weighted by Gasteiger charge is 2.46. The summed E-state index contributed by atoms with van der Waals surface area (Å²) < 4.78 is 52.3. The van der Waals surface area contributed by atoms with Crippen LogP contribution in [-0.2, 0) is 31.3 Å². The Labute approximate surface area is 361 Å². The van der Waals surface area contributed by atoms with E-state index in [1.807, 2.05) is 52.4 Å². The zero-order valence-electron chi connectivity index (χ0n) is 34.0. The molecule has 4 heterocycles. The lowest BCUT2D eigenvalue weighted by Gasteiger charge is -2.43. The van der Waals surface area contributed by atoms with Crippen LogP contribution in [0.2, 0.25) is 10.0 Å². The Kier molecular flexibility index (Phi) is 13.5. The number of methoxy groups -OCH3 is 1. The summed E-state index contributed by atoms with van der Waals surface area (Å²) >= 11 is 12.9. The molecule has 3 aromatic carbocycles. The van der Waals surface area contributed by atoms with Gasteiger partial charge in [-0.1, -0.05) is 59.6 Å². The number of likely N-dealkylation sites (tertiary alicyclic amines) is 2. The monoisotopic (exact) mass is 885 g/mol. The molecule has 3 aliphatic heterocycles. The summed E-state index contributed by atoms with van der Waals surface area (Å²) in [5, 5.41) is 12.6. The van der Waals surface area contributed by atoms with Crippen LogP contribution < -0.4 is 10.2 Å². The highest BCUT2D eigenvalue weighted by atomic mass is 35.5. The summed E-state index contributed by atoms with van der Waals surface area (Å²) in [4.78, 5) is 46.7. The van der Waals surface area contributed by atoms with Crippen LogP contribution in [0.1, 0.15) is 59.9 Å². The Bertz CT molecular complexity index is 2200. The smallest absolute Gasteiger partial charge is 0.453 e. The summed E-state index contributed by atoms with van der Waals surface area (Å²) in [6.45, 7) is 7.37. The lowest BCUT2D eigenvalue weighted by Crippen LogP contribution is -2.59. The average Bonchev–Trinajstić information content (AvgIpc) is 3.94. The van der Waals surface area contributed by atoms with E-state index >= 15 is 0 Å². The second kappa shape index (κ2) is 18.7. The molecule has 3 aliphatic rings. The minimum atomic E-state index is -4.82. The molecule has 1 atom stereocenters. The highest BCUT2D eigenvalue weighted by molar-refractivity contribution is 6.42. The fourth-order valence-electron chi connectivity index (χ4n) is 8.75. The SMILES string of the molecule is CCOC(=O)CN1CCN(NC(=O)C2(c3ccccc3)CCN(CCC3(c4ccc(Cl)c(Cl)c4)CCN(C(=O)c4cc(-n5nnnc5C(F)(F)F)ccc4OC)C3)CC2)CC1. The second-order valence-corrected chi connectivity index (χ2v) is 16.5. The Balaban J connectivity index is 1.06. The minimum absolute atomic E-state index is 0.0459. The predicted octanol–water partition coefficient (Wildman–Crippen LogP) is 5.42. The van der Waals surface area contributed by atoms with Crippen molar-refractivity contribution < 1.29 is 37.0 Å². The van der Waals surface area contributed by atoms with Gasteiger partial charge in [-0.25, -0.2) is 5.01 Å². The third kappa shape index (κ3) is 9.65. The molecule has 1 unspecified atom stereocenters. The van der Waals surface area contributed by atoms with Gasteiger partial charge in [0.25, 0.3) is 11.7 Å². The van der Waals surface area contributed by atoms with Gasteiger partial charge < -0.3 is 19.3 Å². The van der Waals surface area contributed by atoms with Crippen LogP contribution in [0, 0.1) is 0 Å². The molecule has 326 valence electrons. The van der Waals surface area contributed by atoms with Gasteiger partial charge in [-0.2, -0.15) is 17.9 Å². The van der Waals surface area contributed by atoms with Crippen LogP contribution in [-0.4, -0.2) is 137 Å². The normalized spacial score (nSPS) is 20.1. The lowest BCUT2D eigenvalue weighted by molar-refractivity contribution is -0.147. The van der Waals surface area contributed by atoms with Crippen molar-refractivity contribution in [2.75, 3.05) is 79.2 Å². The van der Waals surface area contributed by atoms with Crippen LogP contribution in [0.3, 0.4) is 0 Å². The van der Waals surface area contributed by atoms with Crippen molar-refractivity contribution in [3.05, 3.63) is 99.3 Å². The zero-order valence-corrected chi connectivity index (χ0v) is 35.5. The van der Waals surface area contributed by atoms with Crippen molar-refractivity contribution >= 4 is 41.0 Å². The maximum absolute atomic E-state index is 14.3. The fraction of sp³-hybridized carbons (Fsp3) is 0.476. The van der Waals surface area contributed by atoms with Gasteiger partial charge in [-0.3, -0.25) is 24.7 Å². The van der Waals surface area contributed by atoms with Crippen molar-refractivity contribution in [2.24, 2.45) is 0 Å². The molecule has 7 rings (SSSR count). The number of piperidine rings is 1. The molecule has 0 aliphatic carbocycles. The number of hydrogen-bond donors (Lipinski definition) is 1. The van der Waals surface area contributed by atoms with Crippen molar-refractivity contribution in [2.45, 2.75) is 49.6 Å². The molecule has 61 heavy (non-hydrogen) atoms. The Morgan fingerprint density at radius 3 is 2.26 bits per heavy atom. The Morgan fingerprint density at radius 1 is 0.852 bits per heavy atom. The number of piperazine rings is 1. The number of carbonyl (C=O) groups is 3. The molecule has 0 bridgehead atoms. The molecule has 1 aromatic heterocycles. The van der Waals surface area contributed by atoms with E-state index in [-0.39, 0.29) is 35.4 Å². The number of benzene rings is 3. The summed E-state index contributed by atoms with van der Waals surface area (Å²) in [7, 11) is 1.39. The summed E-state index contributed by atoms with van der Waals surface area (Å²) in [6.07, 6.45) is -2.42. The zero-order chi connectivity index (χ0) is 43.4. The average molecular weight is 887 g/mol. The number of nitrogens with zero attached hydrogens (tertiary/aromatic N) is 8. The predicted molar refractivity (Wildman–Crippen MR) is 221 cm³/mol. The molecule has 2 amide bonds. The first kappa shape index (κ1) is 44.3. The number of nitrogens with one attached hydrogen (secondary N) is 1. The van der Waals surface area contributed by atoms with Gasteiger partial charge in [0.05, 0.1) is 47.0 Å². The first-order valence-corrected chi connectivity index (χ1v) is 21.0. The van der Waals surface area contributed by atoms with Gasteiger partial charge >= 0.3 is 12.1 Å². The molecule has 3 saturated heterocycles. The third-order valence-electron chi connectivity index (χ3n) is 12.2. The first-order chi connectivity index (χ1) is 29.2. The quantitative estimate of drug-likeness (QED) is 0.173. The van der Waals surface area contributed by atoms with E-state index in [0.717, 1.165) is 11.1 Å². The molecule has 0 spiro atoms. The van der Waals surface area contributed by atoms with E-state index in [1.54, 1.807) is 17.9 Å². The van der Waals surface area contributed by atoms with E-state index in [9.17, 15) is 27.6 Å². The minimum Gasteiger partial charge on any atom is -0.496 e. The van der Waals surface area contributed by atoms with Gasteiger partial charge in [0.1, 0.15) is 5.75 Å². The number of carbonyl (C=O) groups excluding carboxylic acids is 3. The van der Waals surface area contributed by atoms with Gasteiger partial charge in [-0.05, 0) is 104 Å². The van der Waals surface area contributed by atoms with Crippen LogP contribution in [0.5, 0.6) is 5.75 Å². The van der Waals surface area contributed by atoms with Gasteiger partial charge in [0.15, 0.2) is 0 Å². The Hall–Kier alpha value is -4.81. The number of aromatic nitrogens is 4. The molecule has 0 radical (unpaired) electrons. The maximum Gasteiger partial charge on any atom is 0.453 e. The largest absolute Gasteiger partial charge is 0.496 e. The maximum atomic E-state index is 14.3.